The zero-order valence-electron chi connectivity index (χ0n) is 12.7. The van der Waals surface area contributed by atoms with E-state index in [4.69, 9.17) is 0 Å². The Bertz CT molecular complexity index is 761. The predicted molar refractivity (Wildman–Crippen MR) is 83.6 cm³/mol. The lowest BCUT2D eigenvalue weighted by molar-refractivity contribution is 0.444. The Hall–Kier alpha value is -2.43. The third-order valence-corrected chi connectivity index (χ3v) is 4.50. The number of hydrogen-bond donors (Lipinski definition) is 0. The van der Waals surface area contributed by atoms with Crippen molar-refractivity contribution in [1.29, 1.82) is 0 Å². The van der Waals surface area contributed by atoms with Crippen LogP contribution in [0, 0.1) is 6.92 Å². The highest BCUT2D eigenvalue weighted by Gasteiger charge is 2.24. The number of rotatable bonds is 4. The Morgan fingerprint density at radius 1 is 1.09 bits per heavy atom. The molecule has 0 bridgehead atoms. The van der Waals surface area contributed by atoms with Gasteiger partial charge in [0.15, 0.2) is 0 Å². The van der Waals surface area contributed by atoms with Crippen LogP contribution in [0.15, 0.2) is 42.9 Å². The maximum Gasteiger partial charge on any atom is 0.138 e. The lowest BCUT2D eigenvalue weighted by Crippen LogP contribution is -2.16. The molecule has 2 heterocycles. The van der Waals surface area contributed by atoms with E-state index in [-0.39, 0.29) is 0 Å². The molecule has 0 saturated carbocycles. The van der Waals surface area contributed by atoms with Gasteiger partial charge in [-0.2, -0.15) is 10.2 Å². The van der Waals surface area contributed by atoms with E-state index in [1.807, 2.05) is 16.9 Å². The summed E-state index contributed by atoms with van der Waals surface area (Å²) < 4.78 is 4.13. The van der Waals surface area contributed by atoms with E-state index >= 15 is 0 Å². The maximum atomic E-state index is 4.48. The summed E-state index contributed by atoms with van der Waals surface area (Å²) in [6, 6.07) is 11.1. The minimum absolute atomic E-state index is 0.397. The van der Waals surface area contributed by atoms with Crippen LogP contribution in [0.2, 0.25) is 0 Å². The second kappa shape index (κ2) is 5.40. The minimum Gasteiger partial charge on any atom is -0.269 e. The van der Waals surface area contributed by atoms with E-state index in [0.29, 0.717) is 6.04 Å². The summed E-state index contributed by atoms with van der Waals surface area (Å²) in [7, 11) is 0. The van der Waals surface area contributed by atoms with Crippen molar-refractivity contribution < 1.29 is 0 Å². The number of hydrogen-bond acceptors (Lipinski definition) is 3. The molecule has 0 unspecified atom stereocenters. The largest absolute Gasteiger partial charge is 0.269 e. The van der Waals surface area contributed by atoms with Gasteiger partial charge in [0.25, 0.3) is 0 Å². The van der Waals surface area contributed by atoms with Crippen molar-refractivity contribution in [2.75, 3.05) is 0 Å². The average molecular weight is 293 g/mol. The molecule has 22 heavy (non-hydrogen) atoms. The van der Waals surface area contributed by atoms with E-state index in [0.717, 1.165) is 31.6 Å². The van der Waals surface area contributed by atoms with E-state index in [2.05, 4.69) is 51.1 Å². The Morgan fingerprint density at radius 2 is 1.86 bits per heavy atom. The van der Waals surface area contributed by atoms with Gasteiger partial charge in [-0.05, 0) is 37.0 Å². The van der Waals surface area contributed by atoms with Crippen LogP contribution in [0.4, 0.5) is 0 Å². The maximum absolute atomic E-state index is 4.48. The molecule has 0 saturated heterocycles. The lowest BCUT2D eigenvalue weighted by atomic mass is 10.1. The molecule has 0 fully saturated rings. The van der Waals surface area contributed by atoms with Crippen molar-refractivity contribution in [3.63, 3.8) is 0 Å². The van der Waals surface area contributed by atoms with E-state index < -0.39 is 0 Å². The molecular weight excluding hydrogens is 274 g/mol. The molecule has 0 atom stereocenters. The number of nitrogens with zero attached hydrogens (tertiary/aromatic N) is 5. The number of aryl methyl sites for hydroxylation is 3. The zero-order valence-corrected chi connectivity index (χ0v) is 12.7. The van der Waals surface area contributed by atoms with Gasteiger partial charge >= 0.3 is 0 Å². The van der Waals surface area contributed by atoms with Crippen LogP contribution in [-0.2, 0) is 25.8 Å². The van der Waals surface area contributed by atoms with Crippen LogP contribution >= 0.6 is 0 Å². The monoisotopic (exact) mass is 293 g/mol. The fourth-order valence-electron chi connectivity index (χ4n) is 3.31. The van der Waals surface area contributed by atoms with Crippen LogP contribution < -0.4 is 0 Å². The summed E-state index contributed by atoms with van der Waals surface area (Å²) in [6.45, 7) is 2.92. The Kier molecular flexibility index (Phi) is 3.25. The molecule has 3 aromatic rings. The molecule has 0 aliphatic heterocycles. The van der Waals surface area contributed by atoms with E-state index in [9.17, 15) is 0 Å². The Morgan fingerprint density at radius 3 is 2.55 bits per heavy atom. The standard InChI is InChI=1S/C17H19N5/c1-13-6-8-19-21(13)9-7-17-18-12-20-22(17)16-10-14-4-2-3-5-15(14)11-16/h2-6,8,12,16H,7,9-11H2,1H3. The quantitative estimate of drug-likeness (QED) is 0.742. The van der Waals surface area contributed by atoms with Crippen LogP contribution in [0.25, 0.3) is 0 Å². The molecule has 112 valence electrons. The fourth-order valence-corrected chi connectivity index (χ4v) is 3.31. The normalized spacial score (nSPS) is 14.4. The molecule has 1 aliphatic carbocycles. The van der Waals surface area contributed by atoms with Gasteiger partial charge in [0.2, 0.25) is 0 Å². The second-order valence-electron chi connectivity index (χ2n) is 5.90. The number of fused-ring (bicyclic) bond motifs is 1. The lowest BCUT2D eigenvalue weighted by Gasteiger charge is -2.13. The molecular formula is C17H19N5. The van der Waals surface area contributed by atoms with Crippen LogP contribution in [0.1, 0.15) is 28.7 Å². The average Bonchev–Trinajstić information content (AvgIpc) is 3.23. The van der Waals surface area contributed by atoms with Gasteiger partial charge in [-0.1, -0.05) is 24.3 Å². The topological polar surface area (TPSA) is 48.5 Å². The van der Waals surface area contributed by atoms with Crippen molar-refractivity contribution in [3.8, 4) is 0 Å². The third-order valence-electron chi connectivity index (χ3n) is 4.50. The summed E-state index contributed by atoms with van der Waals surface area (Å²) in [6.07, 6.45) is 6.47. The van der Waals surface area contributed by atoms with Crippen molar-refractivity contribution in [3.05, 3.63) is 65.5 Å². The molecule has 5 heteroatoms. The van der Waals surface area contributed by atoms with Crippen molar-refractivity contribution in [2.45, 2.75) is 38.8 Å². The van der Waals surface area contributed by atoms with Crippen LogP contribution in [0.3, 0.4) is 0 Å². The smallest absolute Gasteiger partial charge is 0.138 e. The number of aromatic nitrogens is 5. The summed E-state index contributed by atoms with van der Waals surface area (Å²) in [5.74, 6) is 1.05. The van der Waals surface area contributed by atoms with E-state index in [1.54, 1.807) is 6.33 Å². The zero-order chi connectivity index (χ0) is 14.9. The molecule has 0 N–H and O–H groups in total. The molecule has 0 spiro atoms. The highest BCUT2D eigenvalue weighted by atomic mass is 15.4. The first-order chi connectivity index (χ1) is 10.8. The SMILES string of the molecule is Cc1ccnn1CCc1ncnn1C1Cc2ccccc2C1. The molecule has 0 radical (unpaired) electrons. The first-order valence-electron chi connectivity index (χ1n) is 7.75. The second-order valence-corrected chi connectivity index (χ2v) is 5.90. The van der Waals surface area contributed by atoms with Gasteiger partial charge in [-0.3, -0.25) is 4.68 Å². The van der Waals surface area contributed by atoms with Crippen molar-refractivity contribution in [2.24, 2.45) is 0 Å². The summed E-state index contributed by atoms with van der Waals surface area (Å²) in [4.78, 5) is 4.46. The summed E-state index contributed by atoms with van der Waals surface area (Å²) >= 11 is 0. The van der Waals surface area contributed by atoms with Gasteiger partial charge in [0.05, 0.1) is 6.04 Å². The van der Waals surface area contributed by atoms with Gasteiger partial charge in [-0.25, -0.2) is 9.67 Å². The third kappa shape index (κ3) is 2.32. The highest BCUT2D eigenvalue weighted by molar-refractivity contribution is 5.32. The molecule has 0 amide bonds. The van der Waals surface area contributed by atoms with Gasteiger partial charge in [0.1, 0.15) is 12.2 Å². The van der Waals surface area contributed by atoms with Crippen LogP contribution in [-0.4, -0.2) is 24.5 Å². The van der Waals surface area contributed by atoms with Gasteiger partial charge in [-0.15, -0.1) is 0 Å². The molecule has 1 aromatic carbocycles. The molecule has 5 nitrogen and oxygen atoms in total. The first-order valence-corrected chi connectivity index (χ1v) is 7.75. The Labute approximate surface area is 129 Å². The van der Waals surface area contributed by atoms with Gasteiger partial charge < -0.3 is 0 Å². The van der Waals surface area contributed by atoms with Crippen molar-refractivity contribution in [1.82, 2.24) is 24.5 Å². The molecule has 4 rings (SSSR count). The molecule has 1 aliphatic rings. The highest BCUT2D eigenvalue weighted by Crippen LogP contribution is 2.30. The van der Waals surface area contributed by atoms with E-state index in [1.165, 1.54) is 16.8 Å². The first kappa shape index (κ1) is 13.2. The molecule has 2 aromatic heterocycles. The van der Waals surface area contributed by atoms with Gasteiger partial charge in [0, 0.05) is 24.9 Å². The predicted octanol–water partition coefficient (Wildman–Crippen LogP) is 2.37. The summed E-state index contributed by atoms with van der Waals surface area (Å²) in [5.41, 5.74) is 4.06. The fraction of sp³-hybridized carbons (Fsp3) is 0.353. The minimum atomic E-state index is 0.397. The summed E-state index contributed by atoms with van der Waals surface area (Å²) in [5, 5.41) is 8.81. The number of benzene rings is 1. The van der Waals surface area contributed by atoms with Crippen LogP contribution in [0.5, 0.6) is 0 Å². The Balaban J connectivity index is 1.51. The van der Waals surface area contributed by atoms with Crippen molar-refractivity contribution >= 4 is 0 Å².